The lowest BCUT2D eigenvalue weighted by atomic mass is 9.96. The van der Waals surface area contributed by atoms with Gasteiger partial charge in [-0.05, 0) is 24.6 Å². The van der Waals surface area contributed by atoms with Crippen LogP contribution in [0.1, 0.15) is 42.3 Å². The van der Waals surface area contributed by atoms with Crippen LogP contribution < -0.4 is 5.32 Å². The highest BCUT2D eigenvalue weighted by Crippen LogP contribution is 2.29. The number of benzene rings is 1. The van der Waals surface area contributed by atoms with Gasteiger partial charge in [-0.25, -0.2) is 4.39 Å². The lowest BCUT2D eigenvalue weighted by molar-refractivity contribution is 0.103. The molecule has 0 fully saturated rings. The molecular weight excluding hydrogens is 319 g/mol. The maximum atomic E-state index is 14.9. The minimum absolute atomic E-state index is 0. The molecular formula is C17H20ClFN2O2. The fourth-order valence-corrected chi connectivity index (χ4v) is 2.63. The SMILES string of the molecule is CC[C@@H](NCCO)c1ccc(Cl)c(C(=O)c2cccnc2)c1F.[HH]. The number of carbonyl (C=O) groups excluding carboxylic acids is 1. The van der Waals surface area contributed by atoms with Crippen LogP contribution in [0.4, 0.5) is 4.39 Å². The Morgan fingerprint density at radius 1 is 1.48 bits per heavy atom. The summed E-state index contributed by atoms with van der Waals surface area (Å²) in [5.41, 5.74) is 0.487. The summed E-state index contributed by atoms with van der Waals surface area (Å²) in [7, 11) is 0. The summed E-state index contributed by atoms with van der Waals surface area (Å²) >= 11 is 6.06. The van der Waals surface area contributed by atoms with Gasteiger partial charge in [-0.1, -0.05) is 24.6 Å². The van der Waals surface area contributed by atoms with E-state index in [4.69, 9.17) is 16.7 Å². The highest BCUT2D eigenvalue weighted by molar-refractivity contribution is 6.35. The van der Waals surface area contributed by atoms with Crippen molar-refractivity contribution in [1.29, 1.82) is 0 Å². The van der Waals surface area contributed by atoms with Crippen LogP contribution in [-0.2, 0) is 0 Å². The molecule has 0 aliphatic heterocycles. The van der Waals surface area contributed by atoms with Gasteiger partial charge in [-0.3, -0.25) is 9.78 Å². The molecule has 0 saturated heterocycles. The number of nitrogens with one attached hydrogen (secondary N) is 1. The number of carbonyl (C=O) groups is 1. The van der Waals surface area contributed by atoms with Crippen molar-refractivity contribution in [3.8, 4) is 0 Å². The van der Waals surface area contributed by atoms with Crippen LogP contribution in [0.15, 0.2) is 36.7 Å². The average molecular weight is 339 g/mol. The van der Waals surface area contributed by atoms with Gasteiger partial charge in [0, 0.05) is 37.5 Å². The van der Waals surface area contributed by atoms with Crippen LogP contribution in [0.2, 0.25) is 5.02 Å². The predicted molar refractivity (Wildman–Crippen MR) is 89.3 cm³/mol. The van der Waals surface area contributed by atoms with Crippen LogP contribution in [-0.4, -0.2) is 29.0 Å². The fraction of sp³-hybridized carbons (Fsp3) is 0.294. The number of pyridine rings is 1. The van der Waals surface area contributed by atoms with Crippen molar-refractivity contribution < 1.29 is 15.7 Å². The normalized spacial score (nSPS) is 12.2. The van der Waals surface area contributed by atoms with Crippen LogP contribution >= 0.6 is 11.6 Å². The van der Waals surface area contributed by atoms with Crippen molar-refractivity contribution in [3.63, 3.8) is 0 Å². The van der Waals surface area contributed by atoms with Crippen molar-refractivity contribution in [2.75, 3.05) is 13.2 Å². The molecule has 0 aliphatic rings. The lowest BCUT2D eigenvalue weighted by Crippen LogP contribution is -2.25. The molecule has 0 spiro atoms. The molecule has 4 nitrogen and oxygen atoms in total. The van der Waals surface area contributed by atoms with E-state index < -0.39 is 11.6 Å². The highest BCUT2D eigenvalue weighted by Gasteiger charge is 2.23. The number of rotatable bonds is 7. The maximum Gasteiger partial charge on any atom is 0.199 e. The first-order chi connectivity index (χ1) is 11.1. The largest absolute Gasteiger partial charge is 0.395 e. The zero-order chi connectivity index (χ0) is 16.8. The molecule has 0 saturated carbocycles. The van der Waals surface area contributed by atoms with E-state index in [1.165, 1.54) is 18.5 Å². The number of hydrogen-bond acceptors (Lipinski definition) is 4. The number of halogens is 2. The Morgan fingerprint density at radius 2 is 2.26 bits per heavy atom. The molecule has 2 N–H and O–H groups in total. The van der Waals surface area contributed by atoms with Gasteiger partial charge in [0.1, 0.15) is 5.82 Å². The third kappa shape index (κ3) is 3.93. The molecule has 0 aliphatic carbocycles. The number of ketones is 1. The first-order valence-corrected chi connectivity index (χ1v) is 7.74. The third-order valence-electron chi connectivity index (χ3n) is 3.56. The van der Waals surface area contributed by atoms with Gasteiger partial charge in [0.15, 0.2) is 5.78 Å². The van der Waals surface area contributed by atoms with Gasteiger partial charge in [0.05, 0.1) is 17.2 Å². The van der Waals surface area contributed by atoms with E-state index in [-0.39, 0.29) is 30.2 Å². The zero-order valence-electron chi connectivity index (χ0n) is 12.7. The predicted octanol–water partition coefficient (Wildman–Crippen LogP) is 3.38. The molecule has 2 aromatic rings. The molecule has 23 heavy (non-hydrogen) atoms. The van der Waals surface area contributed by atoms with Crippen LogP contribution in [0, 0.1) is 5.82 Å². The molecule has 1 aromatic carbocycles. The summed E-state index contributed by atoms with van der Waals surface area (Å²) in [5.74, 6) is -1.14. The highest BCUT2D eigenvalue weighted by atomic mass is 35.5. The van der Waals surface area contributed by atoms with Gasteiger partial charge in [0.2, 0.25) is 0 Å². The number of hydrogen-bond donors (Lipinski definition) is 2. The van der Waals surface area contributed by atoms with Crippen LogP contribution in [0.3, 0.4) is 0 Å². The van der Waals surface area contributed by atoms with E-state index in [0.29, 0.717) is 18.5 Å². The monoisotopic (exact) mass is 338 g/mol. The summed E-state index contributed by atoms with van der Waals surface area (Å²) in [6, 6.07) is 5.96. The van der Waals surface area contributed by atoms with E-state index >= 15 is 0 Å². The summed E-state index contributed by atoms with van der Waals surface area (Å²) < 4.78 is 14.9. The Morgan fingerprint density at radius 3 is 2.87 bits per heavy atom. The molecule has 124 valence electrons. The molecule has 1 aromatic heterocycles. The summed E-state index contributed by atoms with van der Waals surface area (Å²) in [4.78, 5) is 16.4. The topological polar surface area (TPSA) is 62.2 Å². The molecule has 0 amide bonds. The van der Waals surface area contributed by atoms with Gasteiger partial charge in [-0.15, -0.1) is 0 Å². The van der Waals surface area contributed by atoms with E-state index in [0.717, 1.165) is 0 Å². The van der Waals surface area contributed by atoms with Crippen molar-refractivity contribution in [2.24, 2.45) is 0 Å². The van der Waals surface area contributed by atoms with Crippen molar-refractivity contribution in [1.82, 2.24) is 10.3 Å². The first-order valence-electron chi connectivity index (χ1n) is 7.37. The smallest absolute Gasteiger partial charge is 0.199 e. The molecule has 0 unspecified atom stereocenters. The molecule has 6 heteroatoms. The second kappa shape index (κ2) is 8.15. The third-order valence-corrected chi connectivity index (χ3v) is 3.87. The Bertz CT molecular complexity index is 686. The second-order valence-electron chi connectivity index (χ2n) is 5.03. The minimum atomic E-state index is -0.636. The van der Waals surface area contributed by atoms with E-state index in [2.05, 4.69) is 10.3 Å². The molecule has 0 radical (unpaired) electrons. The minimum Gasteiger partial charge on any atom is -0.395 e. The zero-order valence-corrected chi connectivity index (χ0v) is 13.5. The summed E-state index contributed by atoms with van der Waals surface area (Å²) in [6.07, 6.45) is 3.53. The summed E-state index contributed by atoms with van der Waals surface area (Å²) in [5, 5.41) is 12.0. The average Bonchev–Trinajstić information content (AvgIpc) is 2.57. The quantitative estimate of drug-likeness (QED) is 0.760. The molecule has 2 rings (SSSR count). The number of aliphatic hydroxyl groups excluding tert-OH is 1. The van der Waals surface area contributed by atoms with Crippen molar-refractivity contribution >= 4 is 17.4 Å². The Balaban J connectivity index is 0.00000288. The summed E-state index contributed by atoms with van der Waals surface area (Å²) in [6.45, 7) is 2.19. The van der Waals surface area contributed by atoms with E-state index in [1.807, 2.05) is 6.92 Å². The standard InChI is InChI=1S/C17H18ClFN2O2.H2/c1-2-14(21-8-9-22)12-5-6-13(18)15(16(12)19)17(23)11-4-3-7-20-10-11;/h3-7,10,14,21-22H,2,8-9H2,1H3;1H/t14-;/m1./s1. The second-order valence-corrected chi connectivity index (χ2v) is 5.44. The Kier molecular flexibility index (Phi) is 6.21. The Labute approximate surface area is 140 Å². The Hall–Kier alpha value is -1.82. The van der Waals surface area contributed by atoms with Crippen molar-refractivity contribution in [3.05, 3.63) is 64.2 Å². The lowest BCUT2D eigenvalue weighted by Gasteiger charge is -2.19. The van der Waals surface area contributed by atoms with Crippen molar-refractivity contribution in [2.45, 2.75) is 19.4 Å². The van der Waals surface area contributed by atoms with Crippen LogP contribution in [0.25, 0.3) is 0 Å². The molecule has 1 heterocycles. The fourth-order valence-electron chi connectivity index (χ4n) is 2.40. The van der Waals surface area contributed by atoms with Gasteiger partial charge < -0.3 is 10.4 Å². The van der Waals surface area contributed by atoms with Crippen LogP contribution in [0.5, 0.6) is 0 Å². The number of aliphatic hydroxyl groups is 1. The van der Waals surface area contributed by atoms with Gasteiger partial charge in [0.25, 0.3) is 0 Å². The van der Waals surface area contributed by atoms with Gasteiger partial charge in [-0.2, -0.15) is 0 Å². The number of aromatic nitrogens is 1. The molecule has 0 bridgehead atoms. The van der Waals surface area contributed by atoms with Gasteiger partial charge >= 0.3 is 0 Å². The number of nitrogens with zero attached hydrogens (tertiary/aromatic N) is 1. The molecule has 1 atom stereocenters. The maximum absolute atomic E-state index is 14.9. The van der Waals surface area contributed by atoms with E-state index in [9.17, 15) is 9.18 Å². The first kappa shape index (κ1) is 17.5. The van der Waals surface area contributed by atoms with E-state index in [1.54, 1.807) is 18.2 Å².